The van der Waals surface area contributed by atoms with E-state index in [1.54, 1.807) is 23.7 Å². The quantitative estimate of drug-likeness (QED) is 0.465. The lowest BCUT2D eigenvalue weighted by atomic mass is 10.2. The number of hydrogen-bond donors (Lipinski definition) is 2. The minimum absolute atomic E-state index is 0.0587. The molecule has 0 fully saturated rings. The molecule has 7 nitrogen and oxygen atoms in total. The van der Waals surface area contributed by atoms with Crippen molar-refractivity contribution in [2.45, 2.75) is 12.8 Å². The molecule has 0 radical (unpaired) electrons. The second-order valence-corrected chi connectivity index (χ2v) is 5.11. The lowest BCUT2D eigenvalue weighted by molar-refractivity contribution is -0.384. The van der Waals surface area contributed by atoms with Gasteiger partial charge in [-0.25, -0.2) is 4.98 Å². The fourth-order valence-corrected chi connectivity index (χ4v) is 2.19. The Bertz CT molecular complexity index is 598. The third-order valence-electron chi connectivity index (χ3n) is 2.67. The number of benzene rings is 1. The second-order valence-electron chi connectivity index (χ2n) is 4.22. The maximum atomic E-state index is 11.6. The highest BCUT2D eigenvalue weighted by atomic mass is 32.1. The molecule has 0 unspecified atom stereocenters. The van der Waals surface area contributed by atoms with Crippen LogP contribution >= 0.6 is 11.3 Å². The van der Waals surface area contributed by atoms with E-state index in [0.717, 1.165) is 5.69 Å². The maximum Gasteiger partial charge on any atom is 0.269 e. The number of nitrogens with one attached hydrogen (secondary N) is 2. The van der Waals surface area contributed by atoms with E-state index in [-0.39, 0.29) is 11.6 Å². The fraction of sp³-hybridized carbons (Fsp3) is 0.231. The molecule has 1 aromatic carbocycles. The first-order valence-corrected chi connectivity index (χ1v) is 7.21. The number of aromatic nitrogens is 1. The summed E-state index contributed by atoms with van der Waals surface area (Å²) in [5.74, 6) is -0.0737. The van der Waals surface area contributed by atoms with Crippen LogP contribution in [0.15, 0.2) is 35.8 Å². The Hall–Kier alpha value is -2.48. The predicted molar refractivity (Wildman–Crippen MR) is 81.6 cm³/mol. The molecule has 0 atom stereocenters. The van der Waals surface area contributed by atoms with Gasteiger partial charge in [0.15, 0.2) is 5.13 Å². The molecule has 0 aliphatic carbocycles. The van der Waals surface area contributed by atoms with Crippen molar-refractivity contribution in [3.05, 3.63) is 46.0 Å². The Labute approximate surface area is 125 Å². The Morgan fingerprint density at radius 2 is 2.10 bits per heavy atom. The summed E-state index contributed by atoms with van der Waals surface area (Å²) in [4.78, 5) is 25.6. The molecule has 21 heavy (non-hydrogen) atoms. The van der Waals surface area contributed by atoms with Crippen LogP contribution in [0.3, 0.4) is 0 Å². The zero-order chi connectivity index (χ0) is 15.1. The summed E-state index contributed by atoms with van der Waals surface area (Å²) in [7, 11) is 0. The number of thiazole rings is 1. The summed E-state index contributed by atoms with van der Waals surface area (Å²) in [6.07, 6.45) is 2.68. The van der Waals surface area contributed by atoms with Gasteiger partial charge in [-0.3, -0.25) is 14.9 Å². The van der Waals surface area contributed by atoms with Crippen LogP contribution < -0.4 is 10.6 Å². The van der Waals surface area contributed by atoms with Gasteiger partial charge in [-0.1, -0.05) is 0 Å². The number of rotatable bonds is 7. The highest BCUT2D eigenvalue weighted by Crippen LogP contribution is 2.15. The number of hydrogen-bond acceptors (Lipinski definition) is 6. The number of carbonyl (C=O) groups excluding carboxylic acids is 1. The topological polar surface area (TPSA) is 97.2 Å². The van der Waals surface area contributed by atoms with Gasteiger partial charge in [0.2, 0.25) is 5.91 Å². The normalized spacial score (nSPS) is 10.1. The molecule has 1 amide bonds. The van der Waals surface area contributed by atoms with Gasteiger partial charge in [0, 0.05) is 42.4 Å². The van der Waals surface area contributed by atoms with E-state index < -0.39 is 4.92 Å². The van der Waals surface area contributed by atoms with Crippen LogP contribution in [0.4, 0.5) is 16.5 Å². The van der Waals surface area contributed by atoms with Crippen molar-refractivity contribution in [3.8, 4) is 0 Å². The van der Waals surface area contributed by atoms with Crippen LogP contribution in [0, 0.1) is 10.1 Å². The molecule has 2 rings (SSSR count). The summed E-state index contributed by atoms with van der Waals surface area (Å²) in [5, 5.41) is 18.7. The number of amides is 1. The number of anilines is 2. The van der Waals surface area contributed by atoms with Crippen molar-refractivity contribution in [2.24, 2.45) is 0 Å². The van der Waals surface area contributed by atoms with Crippen LogP contribution in [0.1, 0.15) is 12.8 Å². The van der Waals surface area contributed by atoms with E-state index in [1.807, 2.05) is 0 Å². The summed E-state index contributed by atoms with van der Waals surface area (Å²) in [6.45, 7) is 0.614. The third-order valence-corrected chi connectivity index (χ3v) is 3.36. The molecular formula is C13H14N4O3S. The maximum absolute atomic E-state index is 11.6. The number of nitro benzene ring substituents is 1. The monoisotopic (exact) mass is 306 g/mol. The van der Waals surface area contributed by atoms with Gasteiger partial charge in [0.1, 0.15) is 0 Å². The van der Waals surface area contributed by atoms with Gasteiger partial charge in [-0.2, -0.15) is 0 Å². The molecule has 0 aliphatic heterocycles. The van der Waals surface area contributed by atoms with Crippen LogP contribution in [0.5, 0.6) is 0 Å². The summed E-state index contributed by atoms with van der Waals surface area (Å²) < 4.78 is 0. The average molecular weight is 306 g/mol. The van der Waals surface area contributed by atoms with Gasteiger partial charge < -0.3 is 10.6 Å². The molecule has 0 spiro atoms. The van der Waals surface area contributed by atoms with E-state index in [0.29, 0.717) is 24.5 Å². The molecule has 0 bridgehead atoms. The standard InChI is InChI=1S/C13H14N4O3S/c18-12(16-13-15-8-9-21-13)2-1-7-14-10-3-5-11(6-4-10)17(19)20/h3-6,8-9,14H,1-2,7H2,(H,15,16,18). The van der Waals surface area contributed by atoms with E-state index >= 15 is 0 Å². The highest BCUT2D eigenvalue weighted by Gasteiger charge is 2.05. The first-order valence-electron chi connectivity index (χ1n) is 6.33. The fourth-order valence-electron chi connectivity index (χ4n) is 1.65. The molecule has 1 aromatic heterocycles. The smallest absolute Gasteiger partial charge is 0.269 e. The molecule has 2 aromatic rings. The van der Waals surface area contributed by atoms with Crippen molar-refractivity contribution >= 4 is 33.8 Å². The van der Waals surface area contributed by atoms with Crippen molar-refractivity contribution in [2.75, 3.05) is 17.2 Å². The highest BCUT2D eigenvalue weighted by molar-refractivity contribution is 7.13. The molecule has 1 heterocycles. The van der Waals surface area contributed by atoms with E-state index in [2.05, 4.69) is 15.6 Å². The van der Waals surface area contributed by atoms with Crippen LogP contribution in [0.25, 0.3) is 0 Å². The van der Waals surface area contributed by atoms with Crippen molar-refractivity contribution < 1.29 is 9.72 Å². The third kappa shape index (κ3) is 4.84. The van der Waals surface area contributed by atoms with Crippen molar-refractivity contribution in [1.82, 2.24) is 4.98 Å². The Morgan fingerprint density at radius 1 is 1.33 bits per heavy atom. The number of non-ortho nitro benzene ring substituents is 1. The van der Waals surface area contributed by atoms with Crippen LogP contribution in [-0.2, 0) is 4.79 Å². The van der Waals surface area contributed by atoms with E-state index in [9.17, 15) is 14.9 Å². The SMILES string of the molecule is O=C(CCCNc1ccc([N+](=O)[O-])cc1)Nc1nccs1. The van der Waals surface area contributed by atoms with Gasteiger partial charge in [-0.05, 0) is 18.6 Å². The van der Waals surface area contributed by atoms with E-state index in [4.69, 9.17) is 0 Å². The summed E-state index contributed by atoms with van der Waals surface area (Å²) >= 11 is 1.38. The van der Waals surface area contributed by atoms with Gasteiger partial charge in [-0.15, -0.1) is 11.3 Å². The molecule has 0 aliphatic rings. The second kappa shape index (κ2) is 7.34. The molecule has 110 valence electrons. The average Bonchev–Trinajstić information content (AvgIpc) is 2.97. The molecule has 0 saturated heterocycles. The molecule has 8 heteroatoms. The molecule has 0 saturated carbocycles. The predicted octanol–water partition coefficient (Wildman–Crippen LogP) is 2.88. The number of nitro groups is 1. The van der Waals surface area contributed by atoms with Crippen molar-refractivity contribution in [3.63, 3.8) is 0 Å². The zero-order valence-corrected chi connectivity index (χ0v) is 11.9. The van der Waals surface area contributed by atoms with Crippen LogP contribution in [0.2, 0.25) is 0 Å². The Kier molecular flexibility index (Phi) is 5.22. The first kappa shape index (κ1) is 14.9. The van der Waals surface area contributed by atoms with Gasteiger partial charge >= 0.3 is 0 Å². The lowest BCUT2D eigenvalue weighted by Crippen LogP contribution is -2.13. The van der Waals surface area contributed by atoms with Gasteiger partial charge in [0.05, 0.1) is 4.92 Å². The molecule has 2 N–H and O–H groups in total. The minimum atomic E-state index is -0.438. The minimum Gasteiger partial charge on any atom is -0.385 e. The molecular weight excluding hydrogens is 292 g/mol. The van der Waals surface area contributed by atoms with Gasteiger partial charge in [0.25, 0.3) is 5.69 Å². The summed E-state index contributed by atoms with van der Waals surface area (Å²) in [5.41, 5.74) is 0.851. The Balaban J connectivity index is 1.67. The lowest BCUT2D eigenvalue weighted by Gasteiger charge is -2.06. The van der Waals surface area contributed by atoms with Crippen molar-refractivity contribution in [1.29, 1.82) is 0 Å². The zero-order valence-electron chi connectivity index (χ0n) is 11.1. The largest absolute Gasteiger partial charge is 0.385 e. The first-order chi connectivity index (χ1) is 10.1. The summed E-state index contributed by atoms with van der Waals surface area (Å²) in [6, 6.07) is 6.18. The number of carbonyl (C=O) groups is 1. The number of nitrogens with zero attached hydrogens (tertiary/aromatic N) is 2. The van der Waals surface area contributed by atoms with E-state index in [1.165, 1.54) is 23.5 Å². The van der Waals surface area contributed by atoms with Crippen LogP contribution in [-0.4, -0.2) is 22.4 Å². The Morgan fingerprint density at radius 3 is 2.71 bits per heavy atom.